The van der Waals surface area contributed by atoms with E-state index in [0.29, 0.717) is 6.42 Å². The minimum atomic E-state index is -0.359. The summed E-state index contributed by atoms with van der Waals surface area (Å²) >= 11 is 0. The Bertz CT molecular complexity index is 465. The highest BCUT2D eigenvalue weighted by atomic mass is 16.2. The number of nitrogens with zero attached hydrogens (tertiary/aromatic N) is 1. The summed E-state index contributed by atoms with van der Waals surface area (Å²) in [5.74, 6) is 0. The maximum atomic E-state index is 11.4. The summed E-state index contributed by atoms with van der Waals surface area (Å²) in [4.78, 5) is 25.3. The van der Waals surface area contributed by atoms with Crippen molar-refractivity contribution in [2.75, 3.05) is 0 Å². The van der Waals surface area contributed by atoms with Gasteiger partial charge in [-0.25, -0.2) is 4.79 Å². The average molecular weight is 190 g/mol. The zero-order valence-electron chi connectivity index (χ0n) is 7.51. The molecule has 0 aromatic carbocycles. The van der Waals surface area contributed by atoms with Gasteiger partial charge in [0.1, 0.15) is 0 Å². The molecule has 0 radical (unpaired) electrons. The molecule has 72 valence electrons. The zero-order valence-corrected chi connectivity index (χ0v) is 7.51. The van der Waals surface area contributed by atoms with Gasteiger partial charge in [-0.2, -0.15) is 0 Å². The summed E-state index contributed by atoms with van der Waals surface area (Å²) < 4.78 is 1.22. The lowest BCUT2D eigenvalue weighted by Crippen LogP contribution is -2.36. The Morgan fingerprint density at radius 2 is 2.21 bits per heavy atom. The lowest BCUT2D eigenvalue weighted by molar-refractivity contribution is 0.553. The Morgan fingerprint density at radius 3 is 2.86 bits per heavy atom. The zero-order chi connectivity index (χ0) is 9.97. The van der Waals surface area contributed by atoms with Gasteiger partial charge in [-0.05, 0) is 6.42 Å². The highest BCUT2D eigenvalue weighted by Gasteiger charge is 2.11. The summed E-state index contributed by atoms with van der Waals surface area (Å²) in [5, 5.41) is 0. The van der Waals surface area contributed by atoms with Gasteiger partial charge < -0.3 is 4.98 Å². The second-order valence-electron chi connectivity index (χ2n) is 3.11. The number of aromatic amines is 1. The molecule has 0 saturated heterocycles. The van der Waals surface area contributed by atoms with Gasteiger partial charge in [0.2, 0.25) is 0 Å². The molecule has 0 bridgehead atoms. The molecule has 1 heterocycles. The van der Waals surface area contributed by atoms with Crippen molar-refractivity contribution in [2.45, 2.75) is 12.5 Å². The maximum Gasteiger partial charge on any atom is 0.328 e. The van der Waals surface area contributed by atoms with Crippen LogP contribution in [-0.4, -0.2) is 9.55 Å². The Morgan fingerprint density at radius 1 is 1.36 bits per heavy atom. The summed E-state index contributed by atoms with van der Waals surface area (Å²) in [7, 11) is 0. The van der Waals surface area contributed by atoms with Crippen molar-refractivity contribution in [3.63, 3.8) is 0 Å². The van der Waals surface area contributed by atoms with Crippen molar-refractivity contribution in [2.24, 2.45) is 0 Å². The van der Waals surface area contributed by atoms with E-state index in [-0.39, 0.29) is 17.3 Å². The molecule has 1 aliphatic carbocycles. The van der Waals surface area contributed by atoms with Gasteiger partial charge in [0.05, 0.1) is 6.04 Å². The molecule has 0 amide bonds. The smallest absolute Gasteiger partial charge is 0.314 e. The third-order valence-corrected chi connectivity index (χ3v) is 2.18. The standard InChI is InChI=1S/C10H10N2O2/c13-9-6-7-11-10(14)12(9)8-4-2-1-3-5-8/h1-4,6-8H,5H2,(H,11,14). The number of hydrogen-bond donors (Lipinski definition) is 1. The second-order valence-corrected chi connectivity index (χ2v) is 3.11. The fourth-order valence-electron chi connectivity index (χ4n) is 1.51. The molecule has 1 aromatic heterocycles. The number of aromatic nitrogens is 2. The van der Waals surface area contributed by atoms with Crippen LogP contribution in [0.3, 0.4) is 0 Å². The Hall–Kier alpha value is -1.84. The number of nitrogens with one attached hydrogen (secondary N) is 1. The predicted molar refractivity (Wildman–Crippen MR) is 53.3 cm³/mol. The maximum absolute atomic E-state index is 11.4. The number of allylic oxidation sites excluding steroid dienone is 4. The molecule has 0 fully saturated rings. The van der Waals surface area contributed by atoms with Crippen LogP contribution in [0.5, 0.6) is 0 Å². The van der Waals surface area contributed by atoms with Crippen LogP contribution in [-0.2, 0) is 0 Å². The van der Waals surface area contributed by atoms with E-state index in [1.54, 1.807) is 0 Å². The molecule has 1 aliphatic rings. The minimum absolute atomic E-state index is 0.155. The molecule has 1 unspecified atom stereocenters. The van der Waals surface area contributed by atoms with Crippen LogP contribution in [0.15, 0.2) is 46.2 Å². The van der Waals surface area contributed by atoms with Gasteiger partial charge in [0.25, 0.3) is 5.56 Å². The first-order valence-electron chi connectivity index (χ1n) is 4.42. The number of rotatable bonds is 1. The van der Waals surface area contributed by atoms with E-state index in [2.05, 4.69) is 4.98 Å². The molecule has 0 aliphatic heterocycles. The highest BCUT2D eigenvalue weighted by Crippen LogP contribution is 2.13. The van der Waals surface area contributed by atoms with Crippen molar-refractivity contribution < 1.29 is 0 Å². The third-order valence-electron chi connectivity index (χ3n) is 2.18. The van der Waals surface area contributed by atoms with Crippen LogP contribution < -0.4 is 11.2 Å². The molecule has 0 saturated carbocycles. The van der Waals surface area contributed by atoms with Crippen molar-refractivity contribution in [1.29, 1.82) is 0 Å². The summed E-state index contributed by atoms with van der Waals surface area (Å²) in [6.07, 6.45) is 9.57. The summed E-state index contributed by atoms with van der Waals surface area (Å²) in [5.41, 5.74) is -0.624. The molecule has 1 atom stereocenters. The van der Waals surface area contributed by atoms with Gasteiger partial charge in [-0.15, -0.1) is 0 Å². The molecule has 4 nitrogen and oxygen atoms in total. The molecule has 1 aromatic rings. The van der Waals surface area contributed by atoms with Gasteiger partial charge in [0.15, 0.2) is 0 Å². The Balaban J connectivity index is 2.51. The fraction of sp³-hybridized carbons (Fsp3) is 0.200. The van der Waals surface area contributed by atoms with E-state index in [4.69, 9.17) is 0 Å². The van der Waals surface area contributed by atoms with Gasteiger partial charge >= 0.3 is 5.69 Å². The van der Waals surface area contributed by atoms with Crippen LogP contribution in [0.4, 0.5) is 0 Å². The molecular weight excluding hydrogens is 180 g/mol. The van der Waals surface area contributed by atoms with E-state index in [0.717, 1.165) is 0 Å². The van der Waals surface area contributed by atoms with Crippen molar-refractivity contribution >= 4 is 0 Å². The fourth-order valence-corrected chi connectivity index (χ4v) is 1.51. The van der Waals surface area contributed by atoms with E-state index >= 15 is 0 Å². The summed E-state index contributed by atoms with van der Waals surface area (Å²) in [6.45, 7) is 0. The lowest BCUT2D eigenvalue weighted by atomic mass is 10.1. The number of H-pyrrole nitrogens is 1. The Labute approximate surface area is 80.2 Å². The van der Waals surface area contributed by atoms with E-state index < -0.39 is 0 Å². The van der Waals surface area contributed by atoms with Crippen LogP contribution >= 0.6 is 0 Å². The lowest BCUT2D eigenvalue weighted by Gasteiger charge is -2.14. The monoisotopic (exact) mass is 190 g/mol. The van der Waals surface area contributed by atoms with Crippen LogP contribution in [0.1, 0.15) is 12.5 Å². The highest BCUT2D eigenvalue weighted by molar-refractivity contribution is 5.13. The molecule has 14 heavy (non-hydrogen) atoms. The van der Waals surface area contributed by atoms with Crippen LogP contribution in [0.2, 0.25) is 0 Å². The molecule has 2 rings (SSSR count). The number of hydrogen-bond acceptors (Lipinski definition) is 2. The van der Waals surface area contributed by atoms with Crippen molar-refractivity contribution in [1.82, 2.24) is 9.55 Å². The first kappa shape index (κ1) is 8.74. The van der Waals surface area contributed by atoms with E-state index in [9.17, 15) is 9.59 Å². The van der Waals surface area contributed by atoms with Gasteiger partial charge in [-0.3, -0.25) is 9.36 Å². The third kappa shape index (κ3) is 1.46. The van der Waals surface area contributed by atoms with Gasteiger partial charge in [-0.1, -0.05) is 24.3 Å². The average Bonchev–Trinajstić information content (AvgIpc) is 2.19. The van der Waals surface area contributed by atoms with Crippen LogP contribution in [0, 0.1) is 0 Å². The summed E-state index contributed by atoms with van der Waals surface area (Å²) in [6, 6.07) is 1.20. The largest absolute Gasteiger partial charge is 0.328 e. The normalized spacial score (nSPS) is 19.9. The molecule has 1 N–H and O–H groups in total. The van der Waals surface area contributed by atoms with E-state index in [1.807, 2.05) is 24.3 Å². The van der Waals surface area contributed by atoms with Gasteiger partial charge in [0, 0.05) is 12.3 Å². The SMILES string of the molecule is O=c1cc[nH]c(=O)n1C1C=CC=CC1. The van der Waals surface area contributed by atoms with E-state index in [1.165, 1.54) is 16.8 Å². The second kappa shape index (κ2) is 3.49. The van der Waals surface area contributed by atoms with Crippen molar-refractivity contribution in [3.8, 4) is 0 Å². The molecule has 0 spiro atoms. The minimum Gasteiger partial charge on any atom is -0.314 e. The van der Waals surface area contributed by atoms with Crippen LogP contribution in [0.25, 0.3) is 0 Å². The topological polar surface area (TPSA) is 54.9 Å². The predicted octanol–water partition coefficient (Wildman–Crippen LogP) is 0.594. The quantitative estimate of drug-likeness (QED) is 0.704. The van der Waals surface area contributed by atoms with Crippen molar-refractivity contribution in [3.05, 3.63) is 57.4 Å². The first-order valence-corrected chi connectivity index (χ1v) is 4.42. The Kier molecular flexibility index (Phi) is 2.18. The molecular formula is C10H10N2O2. The first-order chi connectivity index (χ1) is 6.79. The molecule has 4 heteroatoms.